The van der Waals surface area contributed by atoms with Crippen molar-refractivity contribution in [2.75, 3.05) is 13.1 Å². The first-order valence-corrected chi connectivity index (χ1v) is 9.64. The van der Waals surface area contributed by atoms with Crippen LogP contribution in [0.2, 0.25) is 0 Å². The summed E-state index contributed by atoms with van der Waals surface area (Å²) in [7, 11) is 0. The summed E-state index contributed by atoms with van der Waals surface area (Å²) in [6, 6.07) is 0. The van der Waals surface area contributed by atoms with Gasteiger partial charge in [0.05, 0.1) is 11.1 Å². The number of nitrogens with one attached hydrogen (secondary N) is 1. The van der Waals surface area contributed by atoms with E-state index in [1.807, 2.05) is 13.8 Å². The lowest BCUT2D eigenvalue weighted by Crippen LogP contribution is -2.40. The molecule has 0 aliphatic rings. The van der Waals surface area contributed by atoms with Crippen molar-refractivity contribution in [2.24, 2.45) is 5.41 Å². The molecule has 0 aliphatic heterocycles. The lowest BCUT2D eigenvalue weighted by atomic mass is 9.96. The van der Waals surface area contributed by atoms with Crippen LogP contribution in [-0.4, -0.2) is 48.3 Å². The molecule has 0 aliphatic carbocycles. The minimum atomic E-state index is -0.790. The minimum absolute atomic E-state index is 0.112. The van der Waals surface area contributed by atoms with E-state index in [2.05, 4.69) is 36.1 Å². The second-order valence-corrected chi connectivity index (χ2v) is 9.54. The molecule has 0 aromatic carbocycles. The van der Waals surface area contributed by atoms with E-state index in [9.17, 15) is 25.0 Å². The van der Waals surface area contributed by atoms with Gasteiger partial charge in [0.15, 0.2) is 0 Å². The van der Waals surface area contributed by atoms with E-state index in [0.29, 0.717) is 6.29 Å². The molecule has 31 heavy (non-hydrogen) atoms. The van der Waals surface area contributed by atoms with Crippen LogP contribution < -0.4 is 5.32 Å². The second-order valence-electron chi connectivity index (χ2n) is 9.54. The fourth-order valence-corrected chi connectivity index (χ4v) is 2.36. The summed E-state index contributed by atoms with van der Waals surface area (Å²) < 4.78 is 3.18. The Morgan fingerprint density at radius 1 is 0.903 bits per heavy atom. The predicted octanol–water partition coefficient (Wildman–Crippen LogP) is 2.89. The molecule has 2 aromatic heterocycles. The number of rotatable bonds is 8. The lowest BCUT2D eigenvalue weighted by Gasteiger charge is -2.28. The molecule has 1 N–H and O–H groups in total. The summed E-state index contributed by atoms with van der Waals surface area (Å²) >= 11 is 0. The SMILES string of the molecule is CC(C)(C)CNCC(C)(C)n1cnc([N+](=O)[O-])c1.CC(C)(C=O)n1cnc([N+](=O)[O-])c1. The standard InChI is InChI=1S/C12H22N4O2.C7H9N3O3/c1-11(2,3)7-13-8-12(4,5)15-6-10(14-9-15)16(17)18;1-7(2,4-11)9-3-6(8-5-9)10(12)13/h6,9,13H,7-8H2,1-5H3;3-5H,1-2H3. The number of carbonyl (C=O) groups excluding carboxylic acids is 1. The molecule has 0 radical (unpaired) electrons. The van der Waals surface area contributed by atoms with Crippen LogP contribution in [0.25, 0.3) is 0 Å². The molecule has 0 unspecified atom stereocenters. The summed E-state index contributed by atoms with van der Waals surface area (Å²) in [4.78, 5) is 37.7. The number of aromatic nitrogens is 4. The van der Waals surface area contributed by atoms with Gasteiger partial charge in [-0.25, -0.2) is 0 Å². The first kappa shape index (κ1) is 25.9. The number of hydrogen-bond donors (Lipinski definition) is 1. The van der Waals surface area contributed by atoms with E-state index in [0.717, 1.165) is 13.1 Å². The first-order valence-electron chi connectivity index (χ1n) is 9.64. The van der Waals surface area contributed by atoms with Gasteiger partial charge in [0.1, 0.15) is 18.7 Å². The normalized spacial score (nSPS) is 12.1. The predicted molar refractivity (Wildman–Crippen MR) is 115 cm³/mol. The molecule has 0 spiro atoms. The van der Waals surface area contributed by atoms with Gasteiger partial charge >= 0.3 is 11.6 Å². The fraction of sp³-hybridized carbons (Fsp3) is 0.632. The van der Waals surface area contributed by atoms with E-state index < -0.39 is 15.4 Å². The Morgan fingerprint density at radius 3 is 1.74 bits per heavy atom. The van der Waals surface area contributed by atoms with Crippen LogP contribution in [0.4, 0.5) is 11.6 Å². The molecular weight excluding hydrogens is 406 g/mol. The van der Waals surface area contributed by atoms with Crippen LogP contribution in [0, 0.1) is 25.6 Å². The maximum atomic E-state index is 10.6. The lowest BCUT2D eigenvalue weighted by molar-refractivity contribution is -0.389. The van der Waals surface area contributed by atoms with Gasteiger partial charge in [-0.15, -0.1) is 0 Å². The molecule has 0 saturated heterocycles. The Bertz CT molecular complexity index is 909. The van der Waals surface area contributed by atoms with Gasteiger partial charge in [-0.1, -0.05) is 20.8 Å². The van der Waals surface area contributed by atoms with Crippen molar-refractivity contribution < 1.29 is 14.6 Å². The topological polar surface area (TPSA) is 151 Å². The molecular formula is C19H31N7O5. The van der Waals surface area contributed by atoms with Gasteiger partial charge in [-0.3, -0.25) is 4.57 Å². The van der Waals surface area contributed by atoms with Crippen molar-refractivity contribution in [3.63, 3.8) is 0 Å². The molecule has 12 heteroatoms. The molecule has 0 amide bonds. The third kappa shape index (κ3) is 7.89. The van der Waals surface area contributed by atoms with Gasteiger partial charge in [0.2, 0.25) is 12.7 Å². The number of carbonyl (C=O) groups is 1. The van der Waals surface area contributed by atoms with Gasteiger partial charge in [-0.2, -0.15) is 0 Å². The van der Waals surface area contributed by atoms with Crippen molar-refractivity contribution in [3.8, 4) is 0 Å². The third-order valence-corrected chi connectivity index (χ3v) is 4.38. The molecule has 2 heterocycles. The van der Waals surface area contributed by atoms with Crippen molar-refractivity contribution in [1.82, 2.24) is 24.4 Å². The Hall–Kier alpha value is -3.15. The average Bonchev–Trinajstić information content (AvgIpc) is 3.31. The second kappa shape index (κ2) is 9.77. The van der Waals surface area contributed by atoms with Crippen molar-refractivity contribution >= 4 is 17.9 Å². The highest BCUT2D eigenvalue weighted by molar-refractivity contribution is 5.60. The number of nitro groups is 2. The highest BCUT2D eigenvalue weighted by Crippen LogP contribution is 2.19. The highest BCUT2D eigenvalue weighted by Gasteiger charge is 2.25. The van der Waals surface area contributed by atoms with Crippen LogP contribution in [-0.2, 0) is 15.9 Å². The number of imidazole rings is 2. The van der Waals surface area contributed by atoms with Crippen molar-refractivity contribution in [2.45, 2.75) is 59.5 Å². The molecule has 172 valence electrons. The van der Waals surface area contributed by atoms with E-state index in [1.54, 1.807) is 18.4 Å². The van der Waals surface area contributed by atoms with Gasteiger partial charge in [0, 0.05) is 13.1 Å². The molecule has 2 rings (SSSR count). The summed E-state index contributed by atoms with van der Waals surface area (Å²) in [5.74, 6) is -0.367. The smallest absolute Gasteiger partial charge is 0.358 e. The Labute approximate surface area is 181 Å². The Kier molecular flexibility index (Phi) is 8.16. The highest BCUT2D eigenvalue weighted by atomic mass is 16.6. The van der Waals surface area contributed by atoms with Crippen molar-refractivity contribution in [3.05, 3.63) is 45.3 Å². The summed E-state index contributed by atoms with van der Waals surface area (Å²) in [6.45, 7) is 15.4. The van der Waals surface area contributed by atoms with Gasteiger partial charge < -0.3 is 34.9 Å². The monoisotopic (exact) mass is 437 g/mol. The van der Waals surface area contributed by atoms with Crippen LogP contribution >= 0.6 is 0 Å². The molecule has 0 bridgehead atoms. The Balaban J connectivity index is 0.000000327. The quantitative estimate of drug-likeness (QED) is 0.376. The van der Waals surface area contributed by atoms with E-state index in [-0.39, 0.29) is 22.6 Å². The molecule has 0 saturated carbocycles. The zero-order chi connectivity index (χ0) is 24.0. The van der Waals surface area contributed by atoms with E-state index >= 15 is 0 Å². The molecule has 2 aromatic rings. The average molecular weight is 438 g/mol. The summed E-state index contributed by atoms with van der Waals surface area (Å²) in [6.07, 6.45) is 6.19. The van der Waals surface area contributed by atoms with Crippen LogP contribution in [0.3, 0.4) is 0 Å². The zero-order valence-electron chi connectivity index (χ0n) is 19.0. The third-order valence-electron chi connectivity index (χ3n) is 4.38. The van der Waals surface area contributed by atoms with Crippen LogP contribution in [0.5, 0.6) is 0 Å². The zero-order valence-corrected chi connectivity index (χ0v) is 19.0. The number of aldehydes is 1. The largest absolute Gasteiger partial charge is 0.381 e. The molecule has 0 atom stereocenters. The molecule has 12 nitrogen and oxygen atoms in total. The van der Waals surface area contributed by atoms with E-state index in [4.69, 9.17) is 0 Å². The van der Waals surface area contributed by atoms with Crippen molar-refractivity contribution in [1.29, 1.82) is 0 Å². The number of nitrogens with zero attached hydrogens (tertiary/aromatic N) is 6. The van der Waals surface area contributed by atoms with E-state index in [1.165, 1.54) is 29.6 Å². The maximum Gasteiger partial charge on any atom is 0.381 e. The number of hydrogen-bond acceptors (Lipinski definition) is 8. The minimum Gasteiger partial charge on any atom is -0.358 e. The maximum absolute atomic E-state index is 10.6. The summed E-state index contributed by atoms with van der Waals surface area (Å²) in [5, 5.41) is 24.3. The summed E-state index contributed by atoms with van der Waals surface area (Å²) in [5.41, 5.74) is -0.815. The first-order chi connectivity index (χ1) is 14.1. The fourth-order valence-electron chi connectivity index (χ4n) is 2.36. The van der Waals surface area contributed by atoms with Gasteiger partial charge in [-0.05, 0) is 52.9 Å². The van der Waals surface area contributed by atoms with Crippen LogP contribution in [0.1, 0.15) is 48.5 Å². The molecule has 0 fully saturated rings. The van der Waals surface area contributed by atoms with Crippen LogP contribution in [0.15, 0.2) is 25.0 Å². The Morgan fingerprint density at radius 2 is 1.35 bits per heavy atom. The van der Waals surface area contributed by atoms with Gasteiger partial charge in [0.25, 0.3) is 0 Å².